The summed E-state index contributed by atoms with van der Waals surface area (Å²) in [5, 5.41) is -0.0863. The Labute approximate surface area is 152 Å². The van der Waals surface area contributed by atoms with Crippen molar-refractivity contribution < 1.29 is 12.8 Å². The molecule has 7 heteroatoms. The van der Waals surface area contributed by atoms with E-state index in [2.05, 4.69) is 30.0 Å². The summed E-state index contributed by atoms with van der Waals surface area (Å²) in [5.41, 5.74) is 3.51. The van der Waals surface area contributed by atoms with Gasteiger partial charge in [0.2, 0.25) is 10.0 Å². The quantitative estimate of drug-likeness (QED) is 0.814. The van der Waals surface area contributed by atoms with Crippen molar-refractivity contribution in [3.8, 4) is 0 Å². The molecule has 0 N–H and O–H groups in total. The predicted octanol–water partition coefficient (Wildman–Crippen LogP) is 3.61. The monoisotopic (exact) mass is 382 g/mol. The standard InChI is InChI=1S/C18H20ClFN2O2S/c1-13-3-5-17(14(2)11-13)21-7-9-22(10-8-21)25(23,24)18-6-4-15(20)12-16(18)19/h3-6,11-12H,7-10H2,1-2H3. The molecule has 1 aliphatic rings. The van der Waals surface area contributed by atoms with Crippen molar-refractivity contribution >= 4 is 27.3 Å². The van der Waals surface area contributed by atoms with Crippen LogP contribution < -0.4 is 4.90 Å². The Balaban J connectivity index is 1.77. The first-order chi connectivity index (χ1) is 11.8. The highest BCUT2D eigenvalue weighted by Crippen LogP contribution is 2.28. The van der Waals surface area contributed by atoms with Gasteiger partial charge in [-0.3, -0.25) is 0 Å². The van der Waals surface area contributed by atoms with Crippen molar-refractivity contribution in [1.29, 1.82) is 0 Å². The summed E-state index contributed by atoms with van der Waals surface area (Å²) >= 11 is 5.94. The molecule has 1 fully saturated rings. The summed E-state index contributed by atoms with van der Waals surface area (Å²) < 4.78 is 40.1. The Bertz CT molecular complexity index is 894. The van der Waals surface area contributed by atoms with E-state index in [-0.39, 0.29) is 9.92 Å². The number of piperazine rings is 1. The predicted molar refractivity (Wildman–Crippen MR) is 98.3 cm³/mol. The molecule has 1 heterocycles. The maximum Gasteiger partial charge on any atom is 0.244 e. The molecule has 2 aromatic carbocycles. The molecule has 0 radical (unpaired) electrons. The van der Waals surface area contributed by atoms with E-state index < -0.39 is 15.8 Å². The maximum atomic E-state index is 13.2. The van der Waals surface area contributed by atoms with Crippen molar-refractivity contribution in [2.45, 2.75) is 18.7 Å². The Morgan fingerprint density at radius 1 is 1.00 bits per heavy atom. The number of hydrogen-bond donors (Lipinski definition) is 0. The van der Waals surface area contributed by atoms with Gasteiger partial charge < -0.3 is 4.90 Å². The van der Waals surface area contributed by atoms with Crippen LogP contribution in [0.2, 0.25) is 5.02 Å². The topological polar surface area (TPSA) is 40.6 Å². The molecule has 4 nitrogen and oxygen atoms in total. The molecule has 0 amide bonds. The molecule has 0 aliphatic carbocycles. The number of aryl methyl sites for hydroxylation is 2. The molecule has 0 unspecified atom stereocenters. The fraction of sp³-hybridized carbons (Fsp3) is 0.333. The Morgan fingerprint density at radius 2 is 1.68 bits per heavy atom. The number of hydrogen-bond acceptors (Lipinski definition) is 3. The number of anilines is 1. The minimum atomic E-state index is -3.72. The van der Waals surface area contributed by atoms with Gasteiger partial charge in [0.25, 0.3) is 0 Å². The second kappa shape index (κ2) is 6.94. The smallest absolute Gasteiger partial charge is 0.244 e. The Morgan fingerprint density at radius 3 is 2.28 bits per heavy atom. The number of rotatable bonds is 3. The fourth-order valence-corrected chi connectivity index (χ4v) is 5.08. The van der Waals surface area contributed by atoms with E-state index >= 15 is 0 Å². The van der Waals surface area contributed by atoms with Crippen LogP contribution in [0.25, 0.3) is 0 Å². The first kappa shape index (κ1) is 18.2. The lowest BCUT2D eigenvalue weighted by Crippen LogP contribution is -2.48. The number of sulfonamides is 1. The van der Waals surface area contributed by atoms with Crippen LogP contribution in [0, 0.1) is 19.7 Å². The molecule has 1 saturated heterocycles. The highest BCUT2D eigenvalue weighted by molar-refractivity contribution is 7.89. The van der Waals surface area contributed by atoms with Crippen LogP contribution in [0.3, 0.4) is 0 Å². The molecule has 3 rings (SSSR count). The molecule has 1 aliphatic heterocycles. The lowest BCUT2D eigenvalue weighted by atomic mass is 10.1. The van der Waals surface area contributed by atoms with Gasteiger partial charge >= 0.3 is 0 Å². The summed E-state index contributed by atoms with van der Waals surface area (Å²) in [6.45, 7) is 6.04. The number of nitrogens with zero attached hydrogens (tertiary/aromatic N) is 2. The highest BCUT2D eigenvalue weighted by Gasteiger charge is 2.30. The van der Waals surface area contributed by atoms with E-state index in [9.17, 15) is 12.8 Å². The van der Waals surface area contributed by atoms with Gasteiger partial charge in [0.1, 0.15) is 10.7 Å². The van der Waals surface area contributed by atoms with Gasteiger partial charge in [-0.25, -0.2) is 12.8 Å². The van der Waals surface area contributed by atoms with Crippen LogP contribution in [-0.4, -0.2) is 38.9 Å². The second-order valence-electron chi connectivity index (χ2n) is 6.26. The van der Waals surface area contributed by atoms with Crippen LogP contribution >= 0.6 is 11.6 Å². The zero-order valence-corrected chi connectivity index (χ0v) is 15.7. The molecule has 0 bridgehead atoms. The summed E-state index contributed by atoms with van der Waals surface area (Å²) in [7, 11) is -3.72. The number of benzene rings is 2. The first-order valence-electron chi connectivity index (χ1n) is 8.06. The van der Waals surface area contributed by atoms with E-state index in [1.165, 1.54) is 21.5 Å². The molecular weight excluding hydrogens is 363 g/mol. The minimum absolute atomic E-state index is 0.0458. The summed E-state index contributed by atoms with van der Waals surface area (Å²) in [5.74, 6) is -0.552. The van der Waals surface area contributed by atoms with Crippen LogP contribution in [0.15, 0.2) is 41.3 Å². The number of halogens is 2. The van der Waals surface area contributed by atoms with E-state index in [1.54, 1.807) is 0 Å². The first-order valence-corrected chi connectivity index (χ1v) is 9.88. The van der Waals surface area contributed by atoms with Gasteiger partial charge in [-0.15, -0.1) is 0 Å². The molecule has 134 valence electrons. The molecule has 25 heavy (non-hydrogen) atoms. The van der Waals surface area contributed by atoms with E-state index in [4.69, 9.17) is 11.6 Å². The summed E-state index contributed by atoms with van der Waals surface area (Å²) in [6.07, 6.45) is 0. The van der Waals surface area contributed by atoms with Crippen molar-refractivity contribution in [2.24, 2.45) is 0 Å². The fourth-order valence-electron chi connectivity index (χ4n) is 3.15. The van der Waals surface area contributed by atoms with E-state index in [0.717, 1.165) is 17.8 Å². The zero-order chi connectivity index (χ0) is 18.2. The highest BCUT2D eigenvalue weighted by atomic mass is 35.5. The Hall–Kier alpha value is -1.63. The SMILES string of the molecule is Cc1ccc(N2CCN(S(=O)(=O)c3ccc(F)cc3Cl)CC2)c(C)c1. The van der Waals surface area contributed by atoms with Crippen molar-refractivity contribution in [2.75, 3.05) is 31.1 Å². The van der Waals surface area contributed by atoms with Gasteiger partial charge in [0.05, 0.1) is 5.02 Å². The molecule has 0 saturated carbocycles. The minimum Gasteiger partial charge on any atom is -0.369 e. The molecule has 0 atom stereocenters. The average Bonchev–Trinajstić information content (AvgIpc) is 2.54. The van der Waals surface area contributed by atoms with Crippen LogP contribution in [0.4, 0.5) is 10.1 Å². The van der Waals surface area contributed by atoms with Crippen molar-refractivity contribution in [3.05, 3.63) is 58.4 Å². The van der Waals surface area contributed by atoms with Gasteiger partial charge in [0, 0.05) is 31.9 Å². The van der Waals surface area contributed by atoms with E-state index in [0.29, 0.717) is 26.2 Å². The third kappa shape index (κ3) is 3.66. The molecule has 0 aromatic heterocycles. The normalized spacial score (nSPS) is 16.2. The molecule has 2 aromatic rings. The lowest BCUT2D eigenvalue weighted by Gasteiger charge is -2.36. The third-order valence-electron chi connectivity index (χ3n) is 4.44. The van der Waals surface area contributed by atoms with Crippen LogP contribution in [-0.2, 0) is 10.0 Å². The summed E-state index contributed by atoms with van der Waals surface area (Å²) in [4.78, 5) is 2.14. The third-order valence-corrected chi connectivity index (χ3v) is 6.82. The molecule has 0 spiro atoms. The lowest BCUT2D eigenvalue weighted by molar-refractivity contribution is 0.384. The zero-order valence-electron chi connectivity index (χ0n) is 14.2. The van der Waals surface area contributed by atoms with Crippen molar-refractivity contribution in [1.82, 2.24) is 4.31 Å². The second-order valence-corrected chi connectivity index (χ2v) is 8.57. The average molecular weight is 383 g/mol. The maximum absolute atomic E-state index is 13.2. The molecular formula is C18H20ClFN2O2S. The van der Waals surface area contributed by atoms with Gasteiger partial charge in [-0.05, 0) is 43.7 Å². The van der Waals surface area contributed by atoms with Crippen LogP contribution in [0.5, 0.6) is 0 Å². The van der Waals surface area contributed by atoms with Gasteiger partial charge in [0.15, 0.2) is 0 Å². The summed E-state index contributed by atoms with van der Waals surface area (Å²) in [6, 6.07) is 9.63. The Kier molecular flexibility index (Phi) is 5.04. The van der Waals surface area contributed by atoms with E-state index in [1.807, 2.05) is 6.92 Å². The van der Waals surface area contributed by atoms with Crippen molar-refractivity contribution in [3.63, 3.8) is 0 Å². The van der Waals surface area contributed by atoms with Gasteiger partial charge in [-0.2, -0.15) is 4.31 Å². The largest absolute Gasteiger partial charge is 0.369 e. The van der Waals surface area contributed by atoms with Crippen LogP contribution in [0.1, 0.15) is 11.1 Å². The van der Waals surface area contributed by atoms with Gasteiger partial charge in [-0.1, -0.05) is 29.3 Å².